The Bertz CT molecular complexity index is 648. The first-order valence-corrected chi connectivity index (χ1v) is 9.30. The second-order valence-electron chi connectivity index (χ2n) is 5.75. The van der Waals surface area contributed by atoms with E-state index in [0.717, 1.165) is 6.42 Å². The minimum absolute atomic E-state index is 0.0331. The van der Waals surface area contributed by atoms with Crippen molar-refractivity contribution in [1.82, 2.24) is 9.21 Å². The van der Waals surface area contributed by atoms with Crippen LogP contribution in [0, 0.1) is 0 Å². The molecule has 128 valence electrons. The average Bonchev–Trinajstić information content (AvgIpc) is 2.73. The lowest BCUT2D eigenvalue weighted by Crippen LogP contribution is -2.37. The number of carbonyl (C=O) groups is 1. The van der Waals surface area contributed by atoms with Crippen LogP contribution in [-0.2, 0) is 14.8 Å². The Morgan fingerprint density at radius 2 is 1.96 bits per heavy atom. The summed E-state index contributed by atoms with van der Waals surface area (Å²) in [5.74, 6) is -0.873. The molecule has 0 spiro atoms. The number of carboxylic acids is 1. The van der Waals surface area contributed by atoms with Crippen molar-refractivity contribution in [3.8, 4) is 0 Å². The molecule has 0 bridgehead atoms. The molecular formula is C15H21ClN2O4S. The molecule has 0 aliphatic carbocycles. The highest BCUT2D eigenvalue weighted by Crippen LogP contribution is 2.23. The number of sulfonamides is 1. The van der Waals surface area contributed by atoms with Crippen LogP contribution < -0.4 is 0 Å². The van der Waals surface area contributed by atoms with Crippen molar-refractivity contribution in [1.29, 1.82) is 0 Å². The summed E-state index contributed by atoms with van der Waals surface area (Å²) in [6, 6.07) is 6.23. The monoisotopic (exact) mass is 360 g/mol. The first-order valence-electron chi connectivity index (χ1n) is 7.48. The summed E-state index contributed by atoms with van der Waals surface area (Å²) in [7, 11) is -1.77. The Morgan fingerprint density at radius 1 is 1.30 bits per heavy atom. The van der Waals surface area contributed by atoms with Gasteiger partial charge in [0.15, 0.2) is 0 Å². The van der Waals surface area contributed by atoms with Crippen molar-refractivity contribution in [2.75, 3.05) is 26.7 Å². The fourth-order valence-corrected chi connectivity index (χ4v) is 4.45. The van der Waals surface area contributed by atoms with Crippen LogP contribution in [0.25, 0.3) is 0 Å². The van der Waals surface area contributed by atoms with E-state index in [1.807, 2.05) is 0 Å². The predicted molar refractivity (Wildman–Crippen MR) is 88.1 cm³/mol. The molecule has 1 fully saturated rings. The van der Waals surface area contributed by atoms with E-state index in [1.165, 1.54) is 16.4 Å². The summed E-state index contributed by atoms with van der Waals surface area (Å²) in [4.78, 5) is 12.8. The SMILES string of the molecule is CN(CC(=O)O)C1CCCN(S(=O)(=O)c2ccc(Cl)cc2)CC1. The minimum atomic E-state index is -3.53. The van der Waals surface area contributed by atoms with E-state index >= 15 is 0 Å². The van der Waals surface area contributed by atoms with Crippen molar-refractivity contribution in [3.05, 3.63) is 29.3 Å². The van der Waals surface area contributed by atoms with Gasteiger partial charge in [0.1, 0.15) is 0 Å². The van der Waals surface area contributed by atoms with Gasteiger partial charge in [-0.2, -0.15) is 4.31 Å². The lowest BCUT2D eigenvalue weighted by Gasteiger charge is -2.25. The standard InChI is InChI=1S/C15H21ClN2O4S/c1-17(11-15(19)20)13-3-2-9-18(10-8-13)23(21,22)14-6-4-12(16)5-7-14/h4-7,13H,2-3,8-11H2,1H3,(H,19,20). The van der Waals surface area contributed by atoms with Gasteiger partial charge in [-0.1, -0.05) is 11.6 Å². The van der Waals surface area contributed by atoms with Crippen LogP contribution in [0.1, 0.15) is 19.3 Å². The first kappa shape index (κ1) is 18.2. The first-order chi connectivity index (χ1) is 10.8. The van der Waals surface area contributed by atoms with E-state index in [0.29, 0.717) is 31.0 Å². The Morgan fingerprint density at radius 3 is 2.57 bits per heavy atom. The maximum absolute atomic E-state index is 12.7. The molecule has 1 aliphatic heterocycles. The van der Waals surface area contributed by atoms with E-state index < -0.39 is 16.0 Å². The van der Waals surface area contributed by atoms with E-state index in [4.69, 9.17) is 16.7 Å². The van der Waals surface area contributed by atoms with Gasteiger partial charge in [0, 0.05) is 24.2 Å². The highest BCUT2D eigenvalue weighted by molar-refractivity contribution is 7.89. The van der Waals surface area contributed by atoms with Crippen LogP contribution in [-0.4, -0.2) is 61.4 Å². The van der Waals surface area contributed by atoms with E-state index in [2.05, 4.69) is 0 Å². The number of aliphatic carboxylic acids is 1. The molecule has 0 radical (unpaired) electrons. The molecule has 1 saturated heterocycles. The summed E-state index contributed by atoms with van der Waals surface area (Å²) < 4.78 is 26.8. The zero-order valence-corrected chi connectivity index (χ0v) is 14.6. The van der Waals surface area contributed by atoms with Gasteiger partial charge in [-0.3, -0.25) is 9.69 Å². The maximum Gasteiger partial charge on any atom is 0.317 e. The number of rotatable bonds is 5. The summed E-state index contributed by atoms with van der Waals surface area (Å²) >= 11 is 5.81. The topological polar surface area (TPSA) is 77.9 Å². The summed E-state index contributed by atoms with van der Waals surface area (Å²) in [5, 5.41) is 9.37. The van der Waals surface area contributed by atoms with E-state index in [1.54, 1.807) is 24.1 Å². The molecular weight excluding hydrogens is 340 g/mol. The van der Waals surface area contributed by atoms with E-state index in [9.17, 15) is 13.2 Å². The Hall–Kier alpha value is -1.15. The van der Waals surface area contributed by atoms with Crippen LogP contribution in [0.5, 0.6) is 0 Å². The zero-order valence-electron chi connectivity index (χ0n) is 13.0. The summed E-state index contributed by atoms with van der Waals surface area (Å²) in [5.41, 5.74) is 0. The van der Waals surface area contributed by atoms with Crippen molar-refractivity contribution in [2.45, 2.75) is 30.2 Å². The Labute approximate surface area is 141 Å². The van der Waals surface area contributed by atoms with Crippen LogP contribution in [0.3, 0.4) is 0 Å². The second-order valence-corrected chi connectivity index (χ2v) is 8.13. The highest BCUT2D eigenvalue weighted by Gasteiger charge is 2.29. The van der Waals surface area contributed by atoms with Crippen LogP contribution in [0.15, 0.2) is 29.2 Å². The van der Waals surface area contributed by atoms with Gasteiger partial charge in [-0.15, -0.1) is 0 Å². The van der Waals surface area contributed by atoms with Crippen LogP contribution in [0.2, 0.25) is 5.02 Å². The van der Waals surface area contributed by atoms with Gasteiger partial charge >= 0.3 is 5.97 Å². The number of hydrogen-bond acceptors (Lipinski definition) is 4. The van der Waals surface area contributed by atoms with Crippen molar-refractivity contribution < 1.29 is 18.3 Å². The Balaban J connectivity index is 2.07. The number of nitrogens with zero attached hydrogens (tertiary/aromatic N) is 2. The van der Waals surface area contributed by atoms with E-state index in [-0.39, 0.29) is 17.5 Å². The molecule has 6 nitrogen and oxygen atoms in total. The molecule has 1 aliphatic rings. The predicted octanol–water partition coefficient (Wildman–Crippen LogP) is 1.90. The third-order valence-electron chi connectivity index (χ3n) is 4.12. The molecule has 0 aromatic heterocycles. The molecule has 2 rings (SSSR count). The quantitative estimate of drug-likeness (QED) is 0.867. The smallest absolute Gasteiger partial charge is 0.317 e. The third-order valence-corrected chi connectivity index (χ3v) is 6.28. The minimum Gasteiger partial charge on any atom is -0.480 e. The molecule has 1 aromatic carbocycles. The fraction of sp³-hybridized carbons (Fsp3) is 0.533. The second kappa shape index (κ2) is 7.61. The van der Waals surface area contributed by atoms with Crippen molar-refractivity contribution >= 4 is 27.6 Å². The van der Waals surface area contributed by atoms with Gasteiger partial charge in [-0.05, 0) is 50.6 Å². The van der Waals surface area contributed by atoms with Gasteiger partial charge in [0.05, 0.1) is 11.4 Å². The number of carboxylic acid groups (broad SMARTS) is 1. The van der Waals surface area contributed by atoms with Crippen LogP contribution >= 0.6 is 11.6 Å². The summed E-state index contributed by atoms with van der Waals surface area (Å²) in [6.07, 6.45) is 2.12. The van der Waals surface area contributed by atoms with Crippen molar-refractivity contribution in [3.63, 3.8) is 0 Å². The zero-order chi connectivity index (χ0) is 17.0. The van der Waals surface area contributed by atoms with Gasteiger partial charge in [0.2, 0.25) is 10.0 Å². The molecule has 1 unspecified atom stereocenters. The van der Waals surface area contributed by atoms with Crippen LogP contribution in [0.4, 0.5) is 0 Å². The molecule has 1 heterocycles. The molecule has 1 N–H and O–H groups in total. The molecule has 0 amide bonds. The Kier molecular flexibility index (Phi) is 6.02. The normalized spacial score (nSPS) is 20.4. The number of hydrogen-bond donors (Lipinski definition) is 1. The number of benzene rings is 1. The molecule has 1 aromatic rings. The molecule has 0 saturated carbocycles. The summed E-state index contributed by atoms with van der Waals surface area (Å²) in [6.45, 7) is 0.802. The molecule has 1 atom stereocenters. The maximum atomic E-state index is 12.7. The number of halogens is 1. The lowest BCUT2D eigenvalue weighted by molar-refractivity contribution is -0.138. The highest BCUT2D eigenvalue weighted by atomic mass is 35.5. The lowest BCUT2D eigenvalue weighted by atomic mass is 10.1. The number of likely N-dealkylation sites (N-methyl/N-ethyl adjacent to an activating group) is 1. The van der Waals surface area contributed by atoms with Gasteiger partial charge in [0.25, 0.3) is 0 Å². The van der Waals surface area contributed by atoms with Crippen molar-refractivity contribution in [2.24, 2.45) is 0 Å². The largest absolute Gasteiger partial charge is 0.480 e. The average molecular weight is 361 g/mol. The molecule has 23 heavy (non-hydrogen) atoms. The third kappa shape index (κ3) is 4.67. The fourth-order valence-electron chi connectivity index (χ4n) is 2.83. The molecule has 8 heteroatoms. The van der Waals surface area contributed by atoms with Gasteiger partial charge in [-0.25, -0.2) is 8.42 Å². The van der Waals surface area contributed by atoms with Gasteiger partial charge < -0.3 is 5.11 Å².